The molecule has 8 heteroatoms. The lowest BCUT2D eigenvalue weighted by molar-refractivity contribution is -0.172. The van der Waals surface area contributed by atoms with E-state index in [2.05, 4.69) is 45.0 Å². The fraction of sp³-hybridized carbons (Fsp3) is 0.323. The van der Waals surface area contributed by atoms with E-state index in [0.29, 0.717) is 46.1 Å². The highest BCUT2D eigenvalue weighted by Gasteiger charge is 2.45. The van der Waals surface area contributed by atoms with Gasteiger partial charge in [0.25, 0.3) is 5.56 Å². The molecular formula is C31H28N2O6. The number of aromatic nitrogens is 2. The van der Waals surface area contributed by atoms with Gasteiger partial charge < -0.3 is 23.9 Å². The highest BCUT2D eigenvalue weighted by Crippen LogP contribution is 2.46. The summed E-state index contributed by atoms with van der Waals surface area (Å²) in [6, 6.07) is 14.1. The molecule has 2 aromatic heterocycles. The van der Waals surface area contributed by atoms with Gasteiger partial charge in [-0.3, -0.25) is 4.79 Å². The third-order valence-corrected chi connectivity index (χ3v) is 8.22. The zero-order chi connectivity index (χ0) is 27.3. The van der Waals surface area contributed by atoms with Gasteiger partial charge in [-0.1, -0.05) is 52.0 Å². The van der Waals surface area contributed by atoms with Crippen LogP contribution >= 0.6 is 0 Å². The summed E-state index contributed by atoms with van der Waals surface area (Å²) in [5, 5.41) is 12.1. The van der Waals surface area contributed by atoms with E-state index in [-0.39, 0.29) is 30.8 Å². The molecule has 2 aromatic carbocycles. The molecule has 8 nitrogen and oxygen atoms in total. The third kappa shape index (κ3) is 3.31. The van der Waals surface area contributed by atoms with Crippen molar-refractivity contribution in [1.29, 1.82) is 0 Å². The molecule has 1 atom stereocenters. The summed E-state index contributed by atoms with van der Waals surface area (Å²) in [5.41, 5.74) is 4.45. The Morgan fingerprint density at radius 3 is 2.41 bits per heavy atom. The van der Waals surface area contributed by atoms with Crippen molar-refractivity contribution < 1.29 is 24.1 Å². The molecule has 4 aromatic rings. The minimum absolute atomic E-state index is 0.00495. The van der Waals surface area contributed by atoms with Crippen molar-refractivity contribution in [2.75, 3.05) is 6.79 Å². The zero-order valence-electron chi connectivity index (χ0n) is 22.3. The number of ether oxygens (including phenoxy) is 3. The number of benzene rings is 2. The second kappa shape index (κ2) is 7.93. The Kier molecular flexibility index (Phi) is 4.86. The average molecular weight is 525 g/mol. The summed E-state index contributed by atoms with van der Waals surface area (Å²) >= 11 is 0. The largest absolute Gasteiger partial charge is 0.458 e. The molecular weight excluding hydrogens is 496 g/mol. The van der Waals surface area contributed by atoms with Crippen LogP contribution in [-0.4, -0.2) is 27.4 Å². The number of carbonyl (C=O) groups excluding carboxylic acids is 1. The first-order chi connectivity index (χ1) is 18.6. The minimum Gasteiger partial charge on any atom is -0.458 e. The number of aliphatic hydroxyl groups is 1. The van der Waals surface area contributed by atoms with Crippen molar-refractivity contribution >= 4 is 16.9 Å². The van der Waals surface area contributed by atoms with Gasteiger partial charge in [-0.15, -0.1) is 0 Å². The van der Waals surface area contributed by atoms with Crippen molar-refractivity contribution in [3.63, 3.8) is 0 Å². The molecule has 3 aliphatic rings. The highest BCUT2D eigenvalue weighted by molar-refractivity contribution is 6.01. The van der Waals surface area contributed by atoms with Gasteiger partial charge in [0.2, 0.25) is 6.79 Å². The van der Waals surface area contributed by atoms with Gasteiger partial charge in [0.05, 0.1) is 29.0 Å². The van der Waals surface area contributed by atoms with Crippen LogP contribution in [0.3, 0.4) is 0 Å². The standard InChI is InChI=1S/C31H28N2O6/c1-5-31(36)21-11-23-27-19(13-33(23)28(34)20(21)14-37-29(31)35)26(16-6-8-17(9-7-16)30(2,3)4)18-10-24-25(39-15-38-24)12-22(18)32-27/h6-12,36H,5,13-15H2,1-4H3/t31-/m0/s1. The SMILES string of the molecule is CC[C@@]1(O)C(=O)OCc2c1cc1n(c2=O)Cc2c-1nc1cc3c(cc1c2-c1ccc(C(C)(C)C)cc1)OCO3. The van der Waals surface area contributed by atoms with Gasteiger partial charge in [-0.05, 0) is 40.7 Å². The van der Waals surface area contributed by atoms with Crippen LogP contribution in [0.2, 0.25) is 0 Å². The fourth-order valence-electron chi connectivity index (χ4n) is 5.94. The normalized spacial score (nSPS) is 19.1. The Hall–Kier alpha value is -4.17. The van der Waals surface area contributed by atoms with E-state index in [9.17, 15) is 14.7 Å². The van der Waals surface area contributed by atoms with Crippen molar-refractivity contribution in [2.45, 2.75) is 58.3 Å². The Morgan fingerprint density at radius 2 is 1.72 bits per heavy atom. The molecule has 5 heterocycles. The van der Waals surface area contributed by atoms with Crippen molar-refractivity contribution in [3.05, 3.63) is 75.1 Å². The van der Waals surface area contributed by atoms with Crippen LogP contribution in [0, 0.1) is 0 Å². The second-order valence-electron chi connectivity index (χ2n) is 11.5. The maximum absolute atomic E-state index is 13.7. The smallest absolute Gasteiger partial charge is 0.343 e. The first kappa shape index (κ1) is 23.9. The molecule has 0 unspecified atom stereocenters. The lowest BCUT2D eigenvalue weighted by Crippen LogP contribution is -2.44. The molecule has 0 amide bonds. The van der Waals surface area contributed by atoms with Gasteiger partial charge in [-0.25, -0.2) is 9.78 Å². The maximum Gasteiger partial charge on any atom is 0.343 e. The highest BCUT2D eigenvalue weighted by atomic mass is 16.7. The van der Waals surface area contributed by atoms with E-state index < -0.39 is 11.6 Å². The Labute approximate surface area is 224 Å². The molecule has 1 N–H and O–H groups in total. The van der Waals surface area contributed by atoms with Crippen LogP contribution in [0.15, 0.2) is 47.3 Å². The molecule has 3 aliphatic heterocycles. The lowest BCUT2D eigenvalue weighted by Gasteiger charge is -2.31. The number of cyclic esters (lactones) is 1. The van der Waals surface area contributed by atoms with Gasteiger partial charge in [0.15, 0.2) is 17.1 Å². The van der Waals surface area contributed by atoms with Crippen LogP contribution in [0.1, 0.15) is 56.4 Å². The summed E-state index contributed by atoms with van der Waals surface area (Å²) in [5.74, 6) is 0.537. The number of fused-ring (bicyclic) bond motifs is 6. The number of carbonyl (C=O) groups is 1. The van der Waals surface area contributed by atoms with E-state index in [4.69, 9.17) is 19.2 Å². The van der Waals surface area contributed by atoms with Crippen LogP contribution < -0.4 is 15.0 Å². The Balaban J connectivity index is 1.52. The van der Waals surface area contributed by atoms with E-state index >= 15 is 0 Å². The molecule has 0 fully saturated rings. The summed E-state index contributed by atoms with van der Waals surface area (Å²) in [4.78, 5) is 31.3. The topological polar surface area (TPSA) is 99.9 Å². The first-order valence-electron chi connectivity index (χ1n) is 13.1. The van der Waals surface area contributed by atoms with E-state index in [1.54, 1.807) is 17.6 Å². The van der Waals surface area contributed by atoms with Gasteiger partial charge in [-0.2, -0.15) is 0 Å². The van der Waals surface area contributed by atoms with Gasteiger partial charge >= 0.3 is 5.97 Å². The van der Waals surface area contributed by atoms with Crippen LogP contribution in [0.25, 0.3) is 33.4 Å². The predicted molar refractivity (Wildman–Crippen MR) is 145 cm³/mol. The molecule has 7 rings (SSSR count). The fourth-order valence-corrected chi connectivity index (χ4v) is 5.94. The van der Waals surface area contributed by atoms with Crippen LogP contribution in [-0.2, 0) is 33.7 Å². The molecule has 0 radical (unpaired) electrons. The summed E-state index contributed by atoms with van der Waals surface area (Å²) in [6.07, 6.45) is 0.0918. The number of pyridine rings is 2. The molecule has 0 saturated carbocycles. The monoisotopic (exact) mass is 524 g/mol. The predicted octanol–water partition coefficient (Wildman–Crippen LogP) is 4.77. The second-order valence-corrected chi connectivity index (χ2v) is 11.5. The summed E-state index contributed by atoms with van der Waals surface area (Å²) in [7, 11) is 0. The number of rotatable bonds is 2. The maximum atomic E-state index is 13.7. The van der Waals surface area contributed by atoms with Crippen molar-refractivity contribution in [1.82, 2.24) is 9.55 Å². The number of nitrogens with zero attached hydrogens (tertiary/aromatic N) is 2. The van der Waals surface area contributed by atoms with Crippen LogP contribution in [0.5, 0.6) is 11.5 Å². The zero-order valence-corrected chi connectivity index (χ0v) is 22.3. The van der Waals surface area contributed by atoms with E-state index in [1.807, 2.05) is 12.1 Å². The van der Waals surface area contributed by atoms with Crippen molar-refractivity contribution in [2.24, 2.45) is 0 Å². The molecule has 0 spiro atoms. The molecule has 39 heavy (non-hydrogen) atoms. The van der Waals surface area contributed by atoms with E-state index in [1.165, 1.54) is 5.56 Å². The molecule has 0 saturated heterocycles. The molecule has 0 aliphatic carbocycles. The van der Waals surface area contributed by atoms with Gasteiger partial charge in [0, 0.05) is 22.6 Å². The summed E-state index contributed by atoms with van der Waals surface area (Å²) in [6.45, 7) is 8.53. The third-order valence-electron chi connectivity index (χ3n) is 8.22. The van der Waals surface area contributed by atoms with Crippen molar-refractivity contribution in [3.8, 4) is 34.0 Å². The summed E-state index contributed by atoms with van der Waals surface area (Å²) < 4.78 is 18.2. The number of hydrogen-bond acceptors (Lipinski definition) is 7. The van der Waals surface area contributed by atoms with E-state index in [0.717, 1.165) is 22.1 Å². The quantitative estimate of drug-likeness (QED) is 0.332. The Morgan fingerprint density at radius 1 is 1.00 bits per heavy atom. The van der Waals surface area contributed by atoms with Gasteiger partial charge in [0.1, 0.15) is 6.61 Å². The molecule has 0 bridgehead atoms. The molecule has 198 valence electrons. The lowest BCUT2D eigenvalue weighted by atomic mass is 9.85. The average Bonchev–Trinajstić information content (AvgIpc) is 3.52. The minimum atomic E-state index is -1.88. The Bertz CT molecular complexity index is 1780. The van der Waals surface area contributed by atoms with Crippen LogP contribution in [0.4, 0.5) is 0 Å². The number of esters is 1. The number of hydrogen-bond donors (Lipinski definition) is 1. The first-order valence-corrected chi connectivity index (χ1v) is 13.1.